The van der Waals surface area contributed by atoms with Crippen LogP contribution in [-0.2, 0) is 9.53 Å². The molecule has 2 rings (SSSR count). The molecule has 0 spiro atoms. The number of aryl methyl sites for hydroxylation is 1. The summed E-state index contributed by atoms with van der Waals surface area (Å²) >= 11 is 1.69. The van der Waals surface area contributed by atoms with Crippen molar-refractivity contribution in [1.29, 1.82) is 0 Å². The molecular formula is C27H43NO7S. The zero-order valence-electron chi connectivity index (χ0n) is 23.0. The Morgan fingerprint density at radius 2 is 1.86 bits per heavy atom. The van der Waals surface area contributed by atoms with Gasteiger partial charge in [-0.15, -0.1) is 11.3 Å². The first-order valence-corrected chi connectivity index (χ1v) is 12.8. The van der Waals surface area contributed by atoms with Crippen molar-refractivity contribution in [2.24, 2.45) is 0 Å². The molecule has 36 heavy (non-hydrogen) atoms. The fraction of sp³-hybridized carbons (Fsp3) is 0.519. The normalized spacial score (nSPS) is 10.6. The highest BCUT2D eigenvalue weighted by Crippen LogP contribution is 2.25. The minimum absolute atomic E-state index is 0.0131. The Morgan fingerprint density at radius 3 is 2.28 bits per heavy atom. The van der Waals surface area contributed by atoms with E-state index in [1.807, 2.05) is 60.0 Å². The molecule has 0 aliphatic heterocycles. The Hall–Kier alpha value is -3.07. The standard InChI is InChI=1S/C15H21NO4.C8H12OS.C2H4O2.C2H6/c1-4-11(17)14-12(18)9-13(20-15(14)19)10(2)7-5-6-8-16-3;1-6(2)9-8-5-4-7(3)10-8;1-4-2-3;1-2/h6,8-10,16,18H,4-5,7H2,1-3H3;4-6H,1-3H3;2H,1H3;1-2H3/b8-6+;;;. The minimum atomic E-state index is -0.760. The fourth-order valence-electron chi connectivity index (χ4n) is 2.57. The number of thiophene rings is 1. The lowest BCUT2D eigenvalue weighted by molar-refractivity contribution is -0.126. The molecule has 9 heteroatoms. The molecule has 0 saturated carbocycles. The van der Waals surface area contributed by atoms with Gasteiger partial charge in [-0.3, -0.25) is 9.59 Å². The van der Waals surface area contributed by atoms with Crippen LogP contribution in [0, 0.1) is 6.92 Å². The van der Waals surface area contributed by atoms with Crippen molar-refractivity contribution < 1.29 is 28.6 Å². The van der Waals surface area contributed by atoms with E-state index in [1.165, 1.54) is 18.1 Å². The molecule has 0 radical (unpaired) electrons. The number of Topliss-reactive ketones (excluding diaryl/α,β-unsaturated/α-hetero) is 1. The Bertz CT molecular complexity index is 948. The molecular weight excluding hydrogens is 482 g/mol. The molecule has 8 nitrogen and oxygen atoms in total. The van der Waals surface area contributed by atoms with Crippen molar-refractivity contribution in [3.05, 3.63) is 57.1 Å². The number of ketones is 1. The molecule has 0 aliphatic carbocycles. The van der Waals surface area contributed by atoms with Gasteiger partial charge in [-0.25, -0.2) is 4.79 Å². The highest BCUT2D eigenvalue weighted by Gasteiger charge is 2.19. The van der Waals surface area contributed by atoms with Crippen LogP contribution in [0.4, 0.5) is 0 Å². The van der Waals surface area contributed by atoms with Gasteiger partial charge in [0.1, 0.15) is 17.1 Å². The van der Waals surface area contributed by atoms with Crippen LogP contribution in [0.1, 0.15) is 87.7 Å². The van der Waals surface area contributed by atoms with Crippen molar-refractivity contribution >= 4 is 23.6 Å². The molecule has 2 aromatic rings. The van der Waals surface area contributed by atoms with Gasteiger partial charge in [0.25, 0.3) is 6.47 Å². The van der Waals surface area contributed by atoms with Crippen LogP contribution in [0.15, 0.2) is 39.7 Å². The molecule has 0 bridgehead atoms. The number of carbonyl (C=O) groups is 2. The predicted octanol–water partition coefficient (Wildman–Crippen LogP) is 6.21. The number of nitrogens with one attached hydrogen (secondary N) is 1. The number of allylic oxidation sites excluding steroid dienone is 1. The molecule has 2 aromatic heterocycles. The average molecular weight is 526 g/mol. The van der Waals surface area contributed by atoms with Gasteiger partial charge in [0.05, 0.1) is 13.2 Å². The van der Waals surface area contributed by atoms with Gasteiger partial charge < -0.3 is 24.3 Å². The average Bonchev–Trinajstić information content (AvgIpc) is 3.26. The zero-order chi connectivity index (χ0) is 28.1. The Morgan fingerprint density at radius 1 is 1.25 bits per heavy atom. The molecule has 1 unspecified atom stereocenters. The van der Waals surface area contributed by atoms with Crippen molar-refractivity contribution in [1.82, 2.24) is 5.32 Å². The van der Waals surface area contributed by atoms with E-state index < -0.39 is 11.4 Å². The number of methoxy groups -OCH3 is 1. The number of ether oxygens (including phenoxy) is 2. The van der Waals surface area contributed by atoms with Gasteiger partial charge in [0.2, 0.25) is 0 Å². The molecule has 2 N–H and O–H groups in total. The molecule has 0 amide bonds. The molecule has 2 heterocycles. The smallest absolute Gasteiger partial charge is 0.350 e. The quantitative estimate of drug-likeness (QED) is 0.278. The number of carbonyl (C=O) groups excluding carboxylic acids is 2. The topological polar surface area (TPSA) is 115 Å². The van der Waals surface area contributed by atoms with E-state index in [1.54, 1.807) is 18.3 Å². The second kappa shape index (κ2) is 21.2. The van der Waals surface area contributed by atoms with Crippen LogP contribution in [0.2, 0.25) is 0 Å². The summed E-state index contributed by atoms with van der Waals surface area (Å²) in [5.74, 6) is -0.313. The monoisotopic (exact) mass is 525 g/mol. The Labute approximate surface area is 219 Å². The largest absolute Gasteiger partial charge is 0.507 e. The molecule has 204 valence electrons. The minimum Gasteiger partial charge on any atom is -0.507 e. The first kappa shape index (κ1) is 35.1. The van der Waals surface area contributed by atoms with Gasteiger partial charge in [-0.1, -0.05) is 33.8 Å². The SMILES string of the molecule is CC.CCC(=O)c1c(O)cc(C(C)CC/C=C/NC)oc1=O.COC=O.Cc1ccc(OC(C)C)s1. The van der Waals surface area contributed by atoms with Gasteiger partial charge >= 0.3 is 5.63 Å². The summed E-state index contributed by atoms with van der Waals surface area (Å²) < 4.78 is 14.5. The summed E-state index contributed by atoms with van der Waals surface area (Å²) in [5.41, 5.74) is -1.01. The van der Waals surface area contributed by atoms with E-state index >= 15 is 0 Å². The summed E-state index contributed by atoms with van der Waals surface area (Å²) in [6, 6.07) is 5.46. The summed E-state index contributed by atoms with van der Waals surface area (Å²) in [6.07, 6.45) is 5.86. The lowest BCUT2D eigenvalue weighted by Gasteiger charge is -2.10. The zero-order valence-corrected chi connectivity index (χ0v) is 23.9. The second-order valence-corrected chi connectivity index (χ2v) is 8.76. The van der Waals surface area contributed by atoms with Gasteiger partial charge in [0, 0.05) is 30.3 Å². The van der Waals surface area contributed by atoms with E-state index in [0.29, 0.717) is 12.2 Å². The summed E-state index contributed by atoms with van der Waals surface area (Å²) in [7, 11) is 3.13. The third-order valence-electron chi connectivity index (χ3n) is 4.25. The van der Waals surface area contributed by atoms with Gasteiger partial charge in [-0.05, 0) is 51.9 Å². The summed E-state index contributed by atoms with van der Waals surface area (Å²) in [5, 5.41) is 13.7. The maximum absolute atomic E-state index is 11.8. The number of hydrogen-bond acceptors (Lipinski definition) is 9. The lowest BCUT2D eigenvalue weighted by atomic mass is 10.0. The van der Waals surface area contributed by atoms with Crippen molar-refractivity contribution in [3.63, 3.8) is 0 Å². The summed E-state index contributed by atoms with van der Waals surface area (Å²) in [4.78, 5) is 33.6. The first-order chi connectivity index (χ1) is 17.1. The number of aromatic hydroxyl groups is 1. The lowest BCUT2D eigenvalue weighted by Crippen LogP contribution is -2.15. The van der Waals surface area contributed by atoms with Crippen LogP contribution in [0.3, 0.4) is 0 Å². The maximum atomic E-state index is 11.8. The molecule has 1 atom stereocenters. The van der Waals surface area contributed by atoms with Crippen LogP contribution >= 0.6 is 11.3 Å². The molecule has 0 fully saturated rings. The first-order valence-electron chi connectivity index (χ1n) is 12.0. The van der Waals surface area contributed by atoms with Gasteiger partial charge in [-0.2, -0.15) is 0 Å². The summed E-state index contributed by atoms with van der Waals surface area (Å²) in [6.45, 7) is 14.1. The van der Waals surface area contributed by atoms with Crippen molar-refractivity contribution in [2.45, 2.75) is 79.8 Å². The molecule has 0 saturated heterocycles. The second-order valence-electron chi connectivity index (χ2n) is 7.51. The van der Waals surface area contributed by atoms with E-state index in [9.17, 15) is 14.7 Å². The Kier molecular flexibility index (Phi) is 20.7. The van der Waals surface area contributed by atoms with Crippen LogP contribution in [0.5, 0.6) is 10.8 Å². The van der Waals surface area contributed by atoms with Crippen molar-refractivity contribution in [3.8, 4) is 10.8 Å². The number of rotatable bonds is 10. The predicted molar refractivity (Wildman–Crippen MR) is 146 cm³/mol. The third kappa shape index (κ3) is 15.0. The van der Waals surface area contributed by atoms with Crippen LogP contribution < -0.4 is 15.7 Å². The van der Waals surface area contributed by atoms with Gasteiger partial charge in [0.15, 0.2) is 10.8 Å². The van der Waals surface area contributed by atoms with E-state index in [2.05, 4.69) is 23.0 Å². The number of hydrogen-bond donors (Lipinski definition) is 2. The third-order valence-corrected chi connectivity index (χ3v) is 5.14. The van der Waals surface area contributed by atoms with E-state index in [4.69, 9.17) is 13.9 Å². The molecule has 0 aromatic carbocycles. The maximum Gasteiger partial charge on any atom is 0.350 e. The van der Waals surface area contributed by atoms with Crippen LogP contribution in [-0.4, -0.2) is 37.6 Å². The Balaban J connectivity index is 0. The molecule has 0 aliphatic rings. The highest BCUT2D eigenvalue weighted by molar-refractivity contribution is 7.13. The van der Waals surface area contributed by atoms with Crippen LogP contribution in [0.25, 0.3) is 0 Å². The fourth-order valence-corrected chi connectivity index (χ4v) is 3.40. The highest BCUT2D eigenvalue weighted by atomic mass is 32.1. The van der Waals surface area contributed by atoms with E-state index in [-0.39, 0.29) is 29.8 Å². The van der Waals surface area contributed by atoms with E-state index in [0.717, 1.165) is 17.9 Å². The van der Waals surface area contributed by atoms with Crippen molar-refractivity contribution in [2.75, 3.05) is 14.2 Å².